The van der Waals surface area contributed by atoms with Gasteiger partial charge in [-0.25, -0.2) is 10.0 Å². The summed E-state index contributed by atoms with van der Waals surface area (Å²) in [6.45, 7) is 5.76. The van der Waals surface area contributed by atoms with Crippen LogP contribution in [-0.4, -0.2) is 15.7 Å². The van der Waals surface area contributed by atoms with Crippen molar-refractivity contribution in [2.24, 2.45) is 0 Å². The highest BCUT2D eigenvalue weighted by molar-refractivity contribution is 5.36. The van der Waals surface area contributed by atoms with Crippen LogP contribution in [0.2, 0.25) is 0 Å². The Morgan fingerprint density at radius 2 is 2.00 bits per heavy atom. The monoisotopic (exact) mass is 166 g/mol. The summed E-state index contributed by atoms with van der Waals surface area (Å²) in [5.74, 6) is 0.574. The zero-order valence-electron chi connectivity index (χ0n) is 7.65. The molecular formula is C9H14N2O. The molecule has 0 spiro atoms. The lowest BCUT2D eigenvalue weighted by Crippen LogP contribution is -2.39. The maximum Gasteiger partial charge on any atom is 0.152 e. The van der Waals surface area contributed by atoms with Crippen LogP contribution in [0, 0.1) is 0 Å². The molecule has 3 nitrogen and oxygen atoms in total. The van der Waals surface area contributed by atoms with Crippen molar-refractivity contribution in [1.82, 2.24) is 4.98 Å². The number of aromatic nitrogens is 1. The van der Waals surface area contributed by atoms with Gasteiger partial charge in [0.05, 0.1) is 5.54 Å². The van der Waals surface area contributed by atoms with Gasteiger partial charge >= 0.3 is 0 Å². The van der Waals surface area contributed by atoms with Gasteiger partial charge in [0.2, 0.25) is 0 Å². The van der Waals surface area contributed by atoms with Crippen molar-refractivity contribution in [3.63, 3.8) is 0 Å². The van der Waals surface area contributed by atoms with Gasteiger partial charge in [0.25, 0.3) is 0 Å². The van der Waals surface area contributed by atoms with Crippen LogP contribution in [-0.2, 0) is 0 Å². The Morgan fingerprint density at radius 1 is 1.33 bits per heavy atom. The minimum absolute atomic E-state index is 0.311. The van der Waals surface area contributed by atoms with Crippen LogP contribution in [0.3, 0.4) is 0 Å². The maximum absolute atomic E-state index is 9.63. The van der Waals surface area contributed by atoms with Gasteiger partial charge in [-0.3, -0.25) is 5.21 Å². The molecule has 0 aliphatic heterocycles. The van der Waals surface area contributed by atoms with Crippen LogP contribution in [0.15, 0.2) is 24.4 Å². The average molecular weight is 166 g/mol. The van der Waals surface area contributed by atoms with Gasteiger partial charge in [-0.2, -0.15) is 0 Å². The Morgan fingerprint density at radius 3 is 2.42 bits per heavy atom. The Balaban J connectivity index is 2.86. The topological polar surface area (TPSA) is 36.4 Å². The van der Waals surface area contributed by atoms with Gasteiger partial charge in [0.15, 0.2) is 5.82 Å². The molecule has 0 aliphatic carbocycles. The van der Waals surface area contributed by atoms with Crippen molar-refractivity contribution in [1.29, 1.82) is 0 Å². The molecule has 0 amide bonds. The number of hydroxylamine groups is 1. The third kappa shape index (κ3) is 1.95. The zero-order valence-corrected chi connectivity index (χ0v) is 7.65. The van der Waals surface area contributed by atoms with Crippen molar-refractivity contribution >= 4 is 5.82 Å². The molecule has 0 saturated heterocycles. The summed E-state index contributed by atoms with van der Waals surface area (Å²) in [6.07, 6.45) is 1.66. The number of hydrogen-bond acceptors (Lipinski definition) is 3. The summed E-state index contributed by atoms with van der Waals surface area (Å²) >= 11 is 0. The SMILES string of the molecule is CC(C)(C)N(O)c1ccccn1. The van der Waals surface area contributed by atoms with Crippen LogP contribution < -0.4 is 5.06 Å². The van der Waals surface area contributed by atoms with Gasteiger partial charge in [-0.1, -0.05) is 6.07 Å². The van der Waals surface area contributed by atoms with Crippen molar-refractivity contribution in [3.8, 4) is 0 Å². The molecule has 1 aromatic rings. The van der Waals surface area contributed by atoms with E-state index in [1.165, 1.54) is 0 Å². The zero-order chi connectivity index (χ0) is 9.19. The molecule has 1 heterocycles. The molecule has 0 radical (unpaired) electrons. The Kier molecular flexibility index (Phi) is 2.33. The van der Waals surface area contributed by atoms with Crippen LogP contribution >= 0.6 is 0 Å². The number of pyridine rings is 1. The van der Waals surface area contributed by atoms with E-state index < -0.39 is 0 Å². The number of hydrogen-bond donors (Lipinski definition) is 1. The third-order valence-electron chi connectivity index (χ3n) is 1.50. The lowest BCUT2D eigenvalue weighted by molar-refractivity contribution is 0.178. The van der Waals surface area contributed by atoms with E-state index in [0.29, 0.717) is 5.82 Å². The standard InChI is InChI=1S/C9H14N2O/c1-9(2,3)11(12)8-6-4-5-7-10-8/h4-7,12H,1-3H3. The molecule has 1 aromatic heterocycles. The molecule has 0 saturated carbocycles. The second-order valence-corrected chi connectivity index (χ2v) is 3.67. The van der Waals surface area contributed by atoms with Crippen LogP contribution in [0.25, 0.3) is 0 Å². The number of rotatable bonds is 1. The first-order chi connectivity index (χ1) is 5.52. The quantitative estimate of drug-likeness (QED) is 0.649. The summed E-state index contributed by atoms with van der Waals surface area (Å²) < 4.78 is 0. The fourth-order valence-electron chi connectivity index (χ4n) is 0.823. The summed E-state index contributed by atoms with van der Waals surface area (Å²) in [7, 11) is 0. The Labute approximate surface area is 72.6 Å². The molecule has 12 heavy (non-hydrogen) atoms. The lowest BCUT2D eigenvalue weighted by atomic mass is 10.1. The highest BCUT2D eigenvalue weighted by Gasteiger charge is 2.20. The normalized spacial score (nSPS) is 11.3. The molecule has 0 aliphatic rings. The lowest BCUT2D eigenvalue weighted by Gasteiger charge is -2.29. The first-order valence-corrected chi connectivity index (χ1v) is 3.92. The van der Waals surface area contributed by atoms with Gasteiger partial charge in [-0.05, 0) is 32.9 Å². The second kappa shape index (κ2) is 3.11. The summed E-state index contributed by atoms with van der Waals surface area (Å²) in [5.41, 5.74) is -0.311. The largest absolute Gasteiger partial charge is 0.286 e. The van der Waals surface area contributed by atoms with E-state index in [0.717, 1.165) is 5.06 Å². The van der Waals surface area contributed by atoms with Crippen molar-refractivity contribution < 1.29 is 5.21 Å². The van der Waals surface area contributed by atoms with E-state index in [-0.39, 0.29) is 5.54 Å². The predicted molar refractivity (Wildman–Crippen MR) is 48.3 cm³/mol. The number of nitrogens with zero attached hydrogens (tertiary/aromatic N) is 2. The smallest absolute Gasteiger partial charge is 0.152 e. The van der Waals surface area contributed by atoms with Crippen molar-refractivity contribution in [3.05, 3.63) is 24.4 Å². The summed E-state index contributed by atoms with van der Waals surface area (Å²) in [4.78, 5) is 4.02. The molecule has 1 N–H and O–H groups in total. The van der Waals surface area contributed by atoms with E-state index in [2.05, 4.69) is 4.98 Å². The van der Waals surface area contributed by atoms with E-state index in [9.17, 15) is 5.21 Å². The van der Waals surface area contributed by atoms with Crippen LogP contribution in [0.4, 0.5) is 5.82 Å². The van der Waals surface area contributed by atoms with Gasteiger partial charge in [0, 0.05) is 6.20 Å². The summed E-state index contributed by atoms with van der Waals surface area (Å²) in [6, 6.07) is 5.43. The molecule has 0 fully saturated rings. The molecule has 0 unspecified atom stereocenters. The second-order valence-electron chi connectivity index (χ2n) is 3.67. The van der Waals surface area contributed by atoms with Crippen molar-refractivity contribution in [2.45, 2.75) is 26.3 Å². The molecule has 1 rings (SSSR count). The minimum Gasteiger partial charge on any atom is -0.286 e. The molecule has 66 valence electrons. The maximum atomic E-state index is 9.63. The highest BCUT2D eigenvalue weighted by Crippen LogP contribution is 2.17. The molecule has 0 bridgehead atoms. The minimum atomic E-state index is -0.311. The van der Waals surface area contributed by atoms with Crippen molar-refractivity contribution in [2.75, 3.05) is 5.06 Å². The molecule has 0 atom stereocenters. The highest BCUT2D eigenvalue weighted by atomic mass is 16.5. The first kappa shape index (κ1) is 9.00. The van der Waals surface area contributed by atoms with Gasteiger partial charge < -0.3 is 0 Å². The van der Waals surface area contributed by atoms with E-state index in [1.54, 1.807) is 12.3 Å². The fraction of sp³-hybridized carbons (Fsp3) is 0.444. The summed E-state index contributed by atoms with van der Waals surface area (Å²) in [5, 5.41) is 10.8. The Bertz CT molecular complexity index is 240. The van der Waals surface area contributed by atoms with Gasteiger partial charge in [-0.15, -0.1) is 0 Å². The molecule has 0 aromatic carbocycles. The van der Waals surface area contributed by atoms with E-state index in [4.69, 9.17) is 0 Å². The third-order valence-corrected chi connectivity index (χ3v) is 1.50. The Hall–Kier alpha value is -1.09. The fourth-order valence-corrected chi connectivity index (χ4v) is 0.823. The van der Waals surface area contributed by atoms with Crippen LogP contribution in [0.1, 0.15) is 20.8 Å². The van der Waals surface area contributed by atoms with E-state index in [1.807, 2.05) is 32.9 Å². The molecule has 3 heteroatoms. The number of anilines is 1. The van der Waals surface area contributed by atoms with Gasteiger partial charge in [0.1, 0.15) is 0 Å². The van der Waals surface area contributed by atoms with Crippen LogP contribution in [0.5, 0.6) is 0 Å². The van der Waals surface area contributed by atoms with E-state index >= 15 is 0 Å². The first-order valence-electron chi connectivity index (χ1n) is 3.92. The predicted octanol–water partition coefficient (Wildman–Crippen LogP) is 2.08. The average Bonchev–Trinajstić information content (AvgIpc) is 2.03. The molecular weight excluding hydrogens is 152 g/mol.